The Kier molecular flexibility index (Phi) is 2.78. The van der Waals surface area contributed by atoms with Crippen LogP contribution in [-0.4, -0.2) is 24.2 Å². The molecular weight excluding hydrogens is 211 g/mol. The van der Waals surface area contributed by atoms with Crippen molar-refractivity contribution < 1.29 is 14.3 Å². The molecule has 0 radical (unpaired) electrons. The van der Waals surface area contributed by atoms with Gasteiger partial charge in [0, 0.05) is 25.5 Å². The van der Waals surface area contributed by atoms with Gasteiger partial charge in [0.1, 0.15) is 5.82 Å². The number of hydrogen-bond acceptors (Lipinski definition) is 3. The Balaban J connectivity index is 2.28. The van der Waals surface area contributed by atoms with E-state index in [0.717, 1.165) is 0 Å². The van der Waals surface area contributed by atoms with Crippen LogP contribution in [-0.2, 0) is 4.79 Å². The summed E-state index contributed by atoms with van der Waals surface area (Å²) < 4.78 is 12.9. The monoisotopic (exact) mass is 224 g/mol. The Hall–Kier alpha value is -1.62. The number of anilines is 2. The van der Waals surface area contributed by atoms with Gasteiger partial charge in [0.15, 0.2) is 0 Å². The summed E-state index contributed by atoms with van der Waals surface area (Å²) in [6.45, 7) is 0.411. The van der Waals surface area contributed by atoms with Crippen molar-refractivity contribution in [3.63, 3.8) is 0 Å². The van der Waals surface area contributed by atoms with Crippen LogP contribution in [0.2, 0.25) is 0 Å². The van der Waals surface area contributed by atoms with Crippen molar-refractivity contribution in [3.8, 4) is 0 Å². The fraction of sp³-hybridized carbons (Fsp3) is 0.364. The van der Waals surface area contributed by atoms with E-state index in [-0.39, 0.29) is 24.1 Å². The second-order valence-electron chi connectivity index (χ2n) is 3.96. The predicted molar refractivity (Wildman–Crippen MR) is 58.4 cm³/mol. The van der Waals surface area contributed by atoms with Gasteiger partial charge in [-0.1, -0.05) is 0 Å². The number of nitrogens with two attached hydrogens (primary N) is 1. The number of rotatable bonds is 2. The fourth-order valence-corrected chi connectivity index (χ4v) is 1.91. The summed E-state index contributed by atoms with van der Waals surface area (Å²) in [4.78, 5) is 13.1. The molecule has 0 bridgehead atoms. The third kappa shape index (κ3) is 1.86. The van der Waals surface area contributed by atoms with Gasteiger partial charge in [-0.05, 0) is 18.2 Å². The highest BCUT2D eigenvalue weighted by Crippen LogP contribution is 2.29. The molecule has 0 aliphatic carbocycles. The predicted octanol–water partition coefficient (Wildman–Crippen LogP) is 0.753. The number of carbonyl (C=O) groups excluding carboxylic acids is 1. The van der Waals surface area contributed by atoms with Gasteiger partial charge in [0.2, 0.25) is 5.91 Å². The second kappa shape index (κ2) is 4.09. The van der Waals surface area contributed by atoms with E-state index in [9.17, 15) is 9.18 Å². The zero-order valence-corrected chi connectivity index (χ0v) is 8.69. The normalized spacial score (nSPS) is 20.5. The van der Waals surface area contributed by atoms with E-state index >= 15 is 0 Å². The van der Waals surface area contributed by atoms with Gasteiger partial charge in [-0.2, -0.15) is 0 Å². The minimum absolute atomic E-state index is 0.0245. The molecule has 86 valence electrons. The van der Waals surface area contributed by atoms with Crippen molar-refractivity contribution in [1.29, 1.82) is 0 Å². The molecule has 1 fully saturated rings. The number of amides is 1. The Morgan fingerprint density at radius 1 is 1.56 bits per heavy atom. The fourth-order valence-electron chi connectivity index (χ4n) is 1.91. The number of carbonyl (C=O) groups is 1. The SMILES string of the molecule is Nc1cc(F)ccc1N1CC(CO)CC1=O. The van der Waals surface area contributed by atoms with Gasteiger partial charge in [-0.3, -0.25) is 4.79 Å². The van der Waals surface area contributed by atoms with Gasteiger partial charge in [-0.25, -0.2) is 4.39 Å². The topological polar surface area (TPSA) is 66.6 Å². The highest BCUT2D eigenvalue weighted by molar-refractivity contribution is 5.98. The van der Waals surface area contributed by atoms with E-state index in [4.69, 9.17) is 10.8 Å². The summed E-state index contributed by atoms with van der Waals surface area (Å²) in [7, 11) is 0. The third-order valence-electron chi connectivity index (χ3n) is 2.74. The van der Waals surface area contributed by atoms with Gasteiger partial charge in [0.25, 0.3) is 0 Å². The molecule has 0 saturated carbocycles. The molecule has 1 unspecified atom stereocenters. The van der Waals surface area contributed by atoms with Crippen molar-refractivity contribution in [1.82, 2.24) is 0 Å². The van der Waals surface area contributed by atoms with E-state index < -0.39 is 5.82 Å². The summed E-state index contributed by atoms with van der Waals surface area (Å²) in [6, 6.07) is 3.95. The van der Waals surface area contributed by atoms with Crippen molar-refractivity contribution in [2.75, 3.05) is 23.8 Å². The maximum absolute atomic E-state index is 12.9. The van der Waals surface area contributed by atoms with E-state index in [2.05, 4.69) is 0 Å². The average molecular weight is 224 g/mol. The van der Waals surface area contributed by atoms with Gasteiger partial charge in [-0.15, -0.1) is 0 Å². The van der Waals surface area contributed by atoms with Crippen molar-refractivity contribution >= 4 is 17.3 Å². The standard InChI is InChI=1S/C11H13FN2O2/c12-8-1-2-10(9(13)4-8)14-5-7(6-15)3-11(14)16/h1-2,4,7,15H,3,5-6,13H2. The summed E-state index contributed by atoms with van der Waals surface area (Å²) in [5, 5.41) is 8.99. The van der Waals surface area contributed by atoms with Crippen LogP contribution in [0.1, 0.15) is 6.42 Å². The number of aliphatic hydroxyl groups is 1. The highest BCUT2D eigenvalue weighted by Gasteiger charge is 2.30. The molecule has 0 spiro atoms. The van der Waals surface area contributed by atoms with Crippen LogP contribution >= 0.6 is 0 Å². The van der Waals surface area contributed by atoms with Gasteiger partial charge < -0.3 is 15.7 Å². The van der Waals surface area contributed by atoms with Gasteiger partial charge >= 0.3 is 0 Å². The molecule has 16 heavy (non-hydrogen) atoms. The number of nitrogen functional groups attached to an aromatic ring is 1. The average Bonchev–Trinajstić information content (AvgIpc) is 2.60. The molecular formula is C11H13FN2O2. The third-order valence-corrected chi connectivity index (χ3v) is 2.74. The lowest BCUT2D eigenvalue weighted by molar-refractivity contribution is -0.117. The molecule has 1 aliphatic heterocycles. The number of hydrogen-bond donors (Lipinski definition) is 2. The molecule has 0 aromatic heterocycles. The minimum Gasteiger partial charge on any atom is -0.397 e. The van der Waals surface area contributed by atoms with Gasteiger partial charge in [0.05, 0.1) is 11.4 Å². The zero-order valence-electron chi connectivity index (χ0n) is 8.69. The molecule has 1 aliphatic rings. The number of benzene rings is 1. The van der Waals surface area contributed by atoms with Crippen LogP contribution in [0.15, 0.2) is 18.2 Å². The first-order valence-corrected chi connectivity index (χ1v) is 5.08. The second-order valence-corrected chi connectivity index (χ2v) is 3.96. The van der Waals surface area contributed by atoms with Crippen LogP contribution in [0.5, 0.6) is 0 Å². The lowest BCUT2D eigenvalue weighted by atomic mass is 10.1. The molecule has 1 atom stereocenters. The maximum atomic E-state index is 12.9. The molecule has 5 heteroatoms. The number of nitrogens with zero attached hydrogens (tertiary/aromatic N) is 1. The molecule has 4 nitrogen and oxygen atoms in total. The lowest BCUT2D eigenvalue weighted by Gasteiger charge is -2.18. The first-order valence-electron chi connectivity index (χ1n) is 5.08. The van der Waals surface area contributed by atoms with Crippen LogP contribution in [0.3, 0.4) is 0 Å². The van der Waals surface area contributed by atoms with Crippen molar-refractivity contribution in [2.45, 2.75) is 6.42 Å². The van der Waals surface area contributed by atoms with Crippen LogP contribution in [0, 0.1) is 11.7 Å². The van der Waals surface area contributed by atoms with E-state index in [1.807, 2.05) is 0 Å². The van der Waals surface area contributed by atoms with Crippen LogP contribution in [0.25, 0.3) is 0 Å². The summed E-state index contributed by atoms with van der Waals surface area (Å²) in [5.41, 5.74) is 6.41. The molecule has 1 aromatic carbocycles. The summed E-state index contributed by atoms with van der Waals surface area (Å²) in [6.07, 6.45) is 0.313. The first-order chi connectivity index (χ1) is 7.61. The largest absolute Gasteiger partial charge is 0.397 e. The summed E-state index contributed by atoms with van der Waals surface area (Å²) >= 11 is 0. The Bertz CT molecular complexity index is 422. The van der Waals surface area contributed by atoms with E-state index in [1.54, 1.807) is 0 Å². The van der Waals surface area contributed by atoms with E-state index in [0.29, 0.717) is 18.7 Å². The number of aliphatic hydroxyl groups excluding tert-OH is 1. The Morgan fingerprint density at radius 3 is 2.88 bits per heavy atom. The Morgan fingerprint density at radius 2 is 2.31 bits per heavy atom. The first kappa shape index (κ1) is 10.9. The highest BCUT2D eigenvalue weighted by atomic mass is 19.1. The van der Waals surface area contributed by atoms with Crippen molar-refractivity contribution in [2.24, 2.45) is 5.92 Å². The number of halogens is 1. The maximum Gasteiger partial charge on any atom is 0.227 e. The smallest absolute Gasteiger partial charge is 0.227 e. The molecule has 1 amide bonds. The molecule has 1 heterocycles. The van der Waals surface area contributed by atoms with E-state index in [1.165, 1.54) is 23.1 Å². The quantitative estimate of drug-likeness (QED) is 0.728. The zero-order chi connectivity index (χ0) is 11.7. The molecule has 1 saturated heterocycles. The van der Waals surface area contributed by atoms with Crippen LogP contribution in [0.4, 0.5) is 15.8 Å². The molecule has 3 N–H and O–H groups in total. The lowest BCUT2D eigenvalue weighted by Crippen LogP contribution is -2.25. The Labute approximate surface area is 92.5 Å². The van der Waals surface area contributed by atoms with Crippen LogP contribution < -0.4 is 10.6 Å². The molecule has 2 rings (SSSR count). The molecule has 1 aromatic rings. The van der Waals surface area contributed by atoms with Crippen molar-refractivity contribution in [3.05, 3.63) is 24.0 Å². The minimum atomic E-state index is -0.424. The summed E-state index contributed by atoms with van der Waals surface area (Å²) in [5.74, 6) is -0.569.